The molecule has 1 rings (SSSR count). The lowest BCUT2D eigenvalue weighted by atomic mass is 9.90. The summed E-state index contributed by atoms with van der Waals surface area (Å²) in [4.78, 5) is 0. The third kappa shape index (κ3) is 3.45. The van der Waals surface area contributed by atoms with Crippen molar-refractivity contribution in [2.45, 2.75) is 51.9 Å². The zero-order valence-corrected chi connectivity index (χ0v) is 11.0. The first-order chi connectivity index (χ1) is 7.88. The fourth-order valence-electron chi connectivity index (χ4n) is 1.60. The summed E-state index contributed by atoms with van der Waals surface area (Å²) < 4.78 is 5.64. The summed E-state index contributed by atoms with van der Waals surface area (Å²) in [5.74, 6) is 0.628. The van der Waals surface area contributed by atoms with Crippen LogP contribution in [0.1, 0.15) is 45.8 Å². The lowest BCUT2D eigenvalue weighted by molar-refractivity contribution is -0.0670. The van der Waals surface area contributed by atoms with Crippen molar-refractivity contribution >= 4 is 0 Å². The second kappa shape index (κ2) is 5.52. The van der Waals surface area contributed by atoms with Gasteiger partial charge in [-0.3, -0.25) is 0 Å². The summed E-state index contributed by atoms with van der Waals surface area (Å²) in [6, 6.07) is 7.28. The summed E-state index contributed by atoms with van der Waals surface area (Å²) in [6.07, 6.45) is -0.429. The first kappa shape index (κ1) is 14.0. The van der Waals surface area contributed by atoms with E-state index in [1.807, 2.05) is 39.0 Å². The highest BCUT2D eigenvalue weighted by Crippen LogP contribution is 2.34. The molecule has 0 bridgehead atoms. The zero-order chi connectivity index (χ0) is 13.1. The lowest BCUT2D eigenvalue weighted by Gasteiger charge is -2.29. The molecule has 2 N–H and O–H groups in total. The molecular formula is C14H22O3. The van der Waals surface area contributed by atoms with Crippen LogP contribution in [-0.4, -0.2) is 21.9 Å². The predicted molar refractivity (Wildman–Crippen MR) is 68.1 cm³/mol. The molecule has 0 aliphatic rings. The summed E-state index contributed by atoms with van der Waals surface area (Å²) in [5, 5.41) is 20.3. The van der Waals surface area contributed by atoms with Crippen LogP contribution in [0.3, 0.4) is 0 Å². The third-order valence-corrected chi connectivity index (χ3v) is 2.88. The minimum absolute atomic E-state index is 0.0370. The molecule has 1 aromatic rings. The number of aliphatic hydroxyl groups is 2. The Bertz CT molecular complexity index is 358. The third-order valence-electron chi connectivity index (χ3n) is 2.88. The Balaban J connectivity index is 3.04. The van der Waals surface area contributed by atoms with Gasteiger partial charge in [0.25, 0.3) is 0 Å². The van der Waals surface area contributed by atoms with Gasteiger partial charge in [0, 0.05) is 5.56 Å². The number of ether oxygens (including phenoxy) is 1. The van der Waals surface area contributed by atoms with Gasteiger partial charge in [-0.1, -0.05) is 25.1 Å². The van der Waals surface area contributed by atoms with Crippen LogP contribution in [0.15, 0.2) is 24.3 Å². The summed E-state index contributed by atoms with van der Waals surface area (Å²) in [7, 11) is 0. The highest BCUT2D eigenvalue weighted by atomic mass is 16.5. The molecule has 0 aliphatic heterocycles. The highest BCUT2D eigenvalue weighted by molar-refractivity contribution is 5.36. The average Bonchev–Trinajstić information content (AvgIpc) is 2.28. The maximum absolute atomic E-state index is 10.2. The molecule has 0 fully saturated rings. The molecule has 1 aromatic carbocycles. The Morgan fingerprint density at radius 3 is 2.41 bits per heavy atom. The van der Waals surface area contributed by atoms with E-state index >= 15 is 0 Å². The van der Waals surface area contributed by atoms with E-state index in [1.165, 1.54) is 0 Å². The average molecular weight is 238 g/mol. The predicted octanol–water partition coefficient (Wildman–Crippen LogP) is 2.67. The number of benzene rings is 1. The van der Waals surface area contributed by atoms with E-state index in [0.29, 0.717) is 17.7 Å². The van der Waals surface area contributed by atoms with Crippen molar-refractivity contribution in [3.05, 3.63) is 29.8 Å². The standard InChI is InChI=1S/C14H22O3/c1-5-14(4,16)13(15)11-8-6-7-9-12(11)17-10(2)3/h6-10,13,15-16H,5H2,1-4H3. The molecule has 2 unspecified atom stereocenters. The molecule has 0 aromatic heterocycles. The molecule has 17 heavy (non-hydrogen) atoms. The number of hydrogen-bond acceptors (Lipinski definition) is 3. The van der Waals surface area contributed by atoms with Gasteiger partial charge in [-0.15, -0.1) is 0 Å². The Morgan fingerprint density at radius 2 is 1.88 bits per heavy atom. The normalized spacial score (nSPS) is 16.6. The van der Waals surface area contributed by atoms with Crippen molar-refractivity contribution < 1.29 is 14.9 Å². The van der Waals surface area contributed by atoms with Gasteiger partial charge >= 0.3 is 0 Å². The summed E-state index contributed by atoms with van der Waals surface area (Å²) in [5.41, 5.74) is -0.510. The minimum Gasteiger partial charge on any atom is -0.491 e. The topological polar surface area (TPSA) is 49.7 Å². The van der Waals surface area contributed by atoms with E-state index in [-0.39, 0.29) is 6.10 Å². The Morgan fingerprint density at radius 1 is 1.29 bits per heavy atom. The first-order valence-electron chi connectivity index (χ1n) is 6.04. The van der Waals surface area contributed by atoms with Crippen LogP contribution < -0.4 is 4.74 Å². The number of hydrogen-bond donors (Lipinski definition) is 2. The number of aliphatic hydroxyl groups excluding tert-OH is 1. The highest BCUT2D eigenvalue weighted by Gasteiger charge is 2.31. The minimum atomic E-state index is -1.14. The monoisotopic (exact) mass is 238 g/mol. The largest absolute Gasteiger partial charge is 0.491 e. The SMILES string of the molecule is CCC(C)(O)C(O)c1ccccc1OC(C)C. The second-order valence-electron chi connectivity index (χ2n) is 4.82. The number of rotatable bonds is 5. The smallest absolute Gasteiger partial charge is 0.125 e. The van der Waals surface area contributed by atoms with Gasteiger partial charge in [0.1, 0.15) is 11.9 Å². The van der Waals surface area contributed by atoms with Crippen LogP contribution in [-0.2, 0) is 0 Å². The molecule has 0 saturated carbocycles. The molecule has 0 radical (unpaired) electrons. The van der Waals surface area contributed by atoms with Crippen molar-refractivity contribution in [2.24, 2.45) is 0 Å². The molecule has 0 aliphatic carbocycles. The molecule has 0 spiro atoms. The van der Waals surface area contributed by atoms with Crippen molar-refractivity contribution in [2.75, 3.05) is 0 Å². The van der Waals surface area contributed by atoms with Gasteiger partial charge in [0.15, 0.2) is 0 Å². The fourth-order valence-corrected chi connectivity index (χ4v) is 1.60. The quantitative estimate of drug-likeness (QED) is 0.829. The van der Waals surface area contributed by atoms with E-state index in [9.17, 15) is 10.2 Å². The summed E-state index contributed by atoms with van der Waals surface area (Å²) in [6.45, 7) is 7.33. The van der Waals surface area contributed by atoms with Crippen LogP contribution in [0.2, 0.25) is 0 Å². The van der Waals surface area contributed by atoms with E-state index in [0.717, 1.165) is 0 Å². The van der Waals surface area contributed by atoms with Gasteiger partial charge in [0.2, 0.25) is 0 Å². The molecule has 0 amide bonds. The van der Waals surface area contributed by atoms with Gasteiger partial charge < -0.3 is 14.9 Å². The molecule has 96 valence electrons. The van der Waals surface area contributed by atoms with Gasteiger partial charge in [0.05, 0.1) is 11.7 Å². The van der Waals surface area contributed by atoms with Crippen molar-refractivity contribution in [1.82, 2.24) is 0 Å². The molecular weight excluding hydrogens is 216 g/mol. The van der Waals surface area contributed by atoms with Crippen LogP contribution >= 0.6 is 0 Å². The second-order valence-corrected chi connectivity index (χ2v) is 4.82. The van der Waals surface area contributed by atoms with Crippen LogP contribution in [0.5, 0.6) is 5.75 Å². The first-order valence-corrected chi connectivity index (χ1v) is 6.04. The Labute approximate surface area is 103 Å². The van der Waals surface area contributed by atoms with Crippen LogP contribution in [0, 0.1) is 0 Å². The Kier molecular flexibility index (Phi) is 4.54. The van der Waals surface area contributed by atoms with Gasteiger partial charge in [-0.05, 0) is 33.3 Å². The molecule has 2 atom stereocenters. The molecule has 0 saturated heterocycles. The maximum Gasteiger partial charge on any atom is 0.125 e. The molecule has 3 nitrogen and oxygen atoms in total. The van der Waals surface area contributed by atoms with E-state index in [2.05, 4.69) is 0 Å². The summed E-state index contributed by atoms with van der Waals surface area (Å²) >= 11 is 0. The van der Waals surface area contributed by atoms with Gasteiger partial charge in [-0.25, -0.2) is 0 Å². The zero-order valence-electron chi connectivity index (χ0n) is 11.0. The number of para-hydroxylation sites is 1. The Hall–Kier alpha value is -1.06. The molecule has 3 heteroatoms. The van der Waals surface area contributed by atoms with E-state index in [1.54, 1.807) is 13.0 Å². The lowest BCUT2D eigenvalue weighted by Crippen LogP contribution is -2.32. The maximum atomic E-state index is 10.2. The fraction of sp³-hybridized carbons (Fsp3) is 0.571. The van der Waals surface area contributed by atoms with Crippen molar-refractivity contribution in [1.29, 1.82) is 0 Å². The molecule has 0 heterocycles. The van der Waals surface area contributed by atoms with Crippen LogP contribution in [0.25, 0.3) is 0 Å². The van der Waals surface area contributed by atoms with Crippen molar-refractivity contribution in [3.63, 3.8) is 0 Å². The van der Waals surface area contributed by atoms with Crippen LogP contribution in [0.4, 0.5) is 0 Å². The van der Waals surface area contributed by atoms with E-state index in [4.69, 9.17) is 4.74 Å². The van der Waals surface area contributed by atoms with Gasteiger partial charge in [-0.2, -0.15) is 0 Å². The van der Waals surface area contributed by atoms with Crippen molar-refractivity contribution in [3.8, 4) is 5.75 Å². The van der Waals surface area contributed by atoms with E-state index < -0.39 is 11.7 Å².